The largest absolute Gasteiger partial charge is 0.396 e. The van der Waals surface area contributed by atoms with Gasteiger partial charge < -0.3 is 10.4 Å². The second-order valence-electron chi connectivity index (χ2n) is 5.87. The molecule has 1 saturated carbocycles. The van der Waals surface area contributed by atoms with Crippen molar-refractivity contribution in [1.29, 1.82) is 0 Å². The van der Waals surface area contributed by atoms with Gasteiger partial charge in [-0.15, -0.1) is 0 Å². The molecule has 2 unspecified atom stereocenters. The van der Waals surface area contributed by atoms with Gasteiger partial charge in [-0.2, -0.15) is 5.10 Å². The molecule has 0 spiro atoms. The van der Waals surface area contributed by atoms with Gasteiger partial charge in [0.15, 0.2) is 5.69 Å². The molecule has 0 radical (unpaired) electrons. The molecule has 3 rings (SSSR count). The number of hydrogen-bond donors (Lipinski definition) is 3. The average molecular weight is 318 g/mol. The van der Waals surface area contributed by atoms with Gasteiger partial charge in [-0.05, 0) is 18.9 Å². The van der Waals surface area contributed by atoms with Crippen LogP contribution in [-0.2, 0) is 0 Å². The van der Waals surface area contributed by atoms with E-state index in [1.165, 1.54) is 18.2 Å². The summed E-state index contributed by atoms with van der Waals surface area (Å²) in [5, 5.41) is 30.4. The van der Waals surface area contributed by atoms with E-state index in [9.17, 15) is 20.0 Å². The number of fused-ring (bicyclic) bond motifs is 1. The number of nitrogens with zero attached hydrogens (tertiary/aromatic N) is 2. The molecule has 1 aliphatic carbocycles. The molecule has 1 aromatic heterocycles. The fourth-order valence-electron chi connectivity index (χ4n) is 3.14. The van der Waals surface area contributed by atoms with Crippen molar-refractivity contribution in [3.05, 3.63) is 34.0 Å². The van der Waals surface area contributed by atoms with E-state index in [4.69, 9.17) is 0 Å². The lowest BCUT2D eigenvalue weighted by molar-refractivity contribution is -0.384. The molecule has 8 heteroatoms. The molecule has 0 bridgehead atoms. The first-order valence-corrected chi connectivity index (χ1v) is 7.64. The molecule has 23 heavy (non-hydrogen) atoms. The van der Waals surface area contributed by atoms with Crippen molar-refractivity contribution < 1.29 is 14.8 Å². The monoisotopic (exact) mass is 318 g/mol. The first kappa shape index (κ1) is 15.4. The first-order valence-electron chi connectivity index (χ1n) is 7.64. The highest BCUT2D eigenvalue weighted by atomic mass is 16.6. The fourth-order valence-corrected chi connectivity index (χ4v) is 3.14. The van der Waals surface area contributed by atoms with Crippen LogP contribution >= 0.6 is 0 Å². The number of carbonyl (C=O) groups is 1. The van der Waals surface area contributed by atoms with E-state index in [0.29, 0.717) is 10.9 Å². The summed E-state index contributed by atoms with van der Waals surface area (Å²) >= 11 is 0. The summed E-state index contributed by atoms with van der Waals surface area (Å²) in [7, 11) is 0. The van der Waals surface area contributed by atoms with E-state index in [1.54, 1.807) is 0 Å². The number of aromatic amines is 1. The Morgan fingerprint density at radius 2 is 2.22 bits per heavy atom. The lowest BCUT2D eigenvalue weighted by atomic mass is 9.85. The average Bonchev–Trinajstić information content (AvgIpc) is 2.98. The second kappa shape index (κ2) is 6.33. The lowest BCUT2D eigenvalue weighted by Crippen LogP contribution is -2.43. The lowest BCUT2D eigenvalue weighted by Gasteiger charge is -2.30. The van der Waals surface area contributed by atoms with Crippen molar-refractivity contribution in [2.75, 3.05) is 6.61 Å². The van der Waals surface area contributed by atoms with Gasteiger partial charge in [-0.3, -0.25) is 20.0 Å². The summed E-state index contributed by atoms with van der Waals surface area (Å²) in [6.45, 7) is 0.0394. The number of nitro benzene ring substituents is 1. The molecular formula is C15H18N4O4. The van der Waals surface area contributed by atoms with Gasteiger partial charge >= 0.3 is 0 Å². The van der Waals surface area contributed by atoms with Crippen LogP contribution < -0.4 is 5.32 Å². The Balaban J connectivity index is 1.85. The standard InChI is InChI=1S/C15H18N4O4/c20-8-9-3-1-2-4-12(9)16-15(21)14-11-7-10(19(22)23)5-6-13(11)17-18-14/h5-7,9,12,20H,1-4,8H2,(H,16,21)(H,17,18). The normalized spacial score (nSPS) is 21.3. The van der Waals surface area contributed by atoms with E-state index in [-0.39, 0.29) is 35.9 Å². The number of aromatic nitrogens is 2. The fraction of sp³-hybridized carbons (Fsp3) is 0.467. The summed E-state index contributed by atoms with van der Waals surface area (Å²) in [4.78, 5) is 22.9. The van der Waals surface area contributed by atoms with Crippen molar-refractivity contribution in [2.24, 2.45) is 5.92 Å². The Bertz CT molecular complexity index is 742. The summed E-state index contributed by atoms with van der Waals surface area (Å²) in [5.41, 5.74) is 0.632. The molecule has 1 heterocycles. The number of nitrogens with one attached hydrogen (secondary N) is 2. The van der Waals surface area contributed by atoms with Crippen molar-refractivity contribution in [2.45, 2.75) is 31.7 Å². The van der Waals surface area contributed by atoms with Crippen LogP contribution in [0.3, 0.4) is 0 Å². The number of benzene rings is 1. The number of amides is 1. The van der Waals surface area contributed by atoms with Crippen LogP contribution in [0.4, 0.5) is 5.69 Å². The molecule has 0 aliphatic heterocycles. The minimum atomic E-state index is -0.503. The number of aliphatic hydroxyl groups excluding tert-OH is 1. The highest BCUT2D eigenvalue weighted by Gasteiger charge is 2.27. The molecular weight excluding hydrogens is 300 g/mol. The molecule has 0 saturated heterocycles. The van der Waals surface area contributed by atoms with E-state index >= 15 is 0 Å². The summed E-state index contributed by atoms with van der Waals surface area (Å²) in [6.07, 6.45) is 3.76. The maximum atomic E-state index is 12.5. The van der Waals surface area contributed by atoms with Gasteiger partial charge in [0, 0.05) is 36.1 Å². The zero-order valence-corrected chi connectivity index (χ0v) is 12.5. The summed E-state index contributed by atoms with van der Waals surface area (Å²) < 4.78 is 0. The van der Waals surface area contributed by atoms with Crippen LogP contribution in [0, 0.1) is 16.0 Å². The Labute approximate surface area is 132 Å². The Kier molecular flexibility index (Phi) is 4.24. The third-order valence-electron chi connectivity index (χ3n) is 4.43. The van der Waals surface area contributed by atoms with Crippen LogP contribution in [0.15, 0.2) is 18.2 Å². The molecule has 2 atom stereocenters. The van der Waals surface area contributed by atoms with Crippen LogP contribution in [-0.4, -0.2) is 38.8 Å². The van der Waals surface area contributed by atoms with Crippen molar-refractivity contribution in [1.82, 2.24) is 15.5 Å². The van der Waals surface area contributed by atoms with Gasteiger partial charge in [0.05, 0.1) is 10.4 Å². The number of H-pyrrole nitrogens is 1. The van der Waals surface area contributed by atoms with Crippen LogP contribution in [0.2, 0.25) is 0 Å². The Morgan fingerprint density at radius 1 is 1.43 bits per heavy atom. The number of non-ortho nitro benzene ring substituents is 1. The molecule has 8 nitrogen and oxygen atoms in total. The van der Waals surface area contributed by atoms with E-state index in [2.05, 4.69) is 15.5 Å². The van der Waals surface area contributed by atoms with Gasteiger partial charge in [-0.1, -0.05) is 12.8 Å². The smallest absolute Gasteiger partial charge is 0.272 e. The number of carbonyl (C=O) groups excluding carboxylic acids is 1. The third kappa shape index (κ3) is 3.02. The van der Waals surface area contributed by atoms with Crippen LogP contribution in [0.1, 0.15) is 36.2 Å². The molecule has 1 aliphatic rings. The Hall–Kier alpha value is -2.48. The molecule has 2 aromatic rings. The zero-order valence-electron chi connectivity index (χ0n) is 12.5. The maximum Gasteiger partial charge on any atom is 0.272 e. The van der Waals surface area contributed by atoms with Crippen LogP contribution in [0.5, 0.6) is 0 Å². The number of rotatable bonds is 4. The molecule has 122 valence electrons. The van der Waals surface area contributed by atoms with Gasteiger partial charge in [-0.25, -0.2) is 0 Å². The zero-order chi connectivity index (χ0) is 16.4. The SMILES string of the molecule is O=C(NC1CCCCC1CO)c1n[nH]c2ccc([N+](=O)[O-])cc12. The van der Waals surface area contributed by atoms with Gasteiger partial charge in [0.25, 0.3) is 11.6 Å². The highest BCUT2D eigenvalue weighted by Crippen LogP contribution is 2.26. The number of nitro groups is 1. The predicted molar refractivity (Wildman–Crippen MR) is 83.0 cm³/mol. The number of aliphatic hydroxyl groups is 1. The maximum absolute atomic E-state index is 12.5. The highest BCUT2D eigenvalue weighted by molar-refractivity contribution is 6.05. The molecule has 1 amide bonds. The van der Waals surface area contributed by atoms with Crippen molar-refractivity contribution >= 4 is 22.5 Å². The Morgan fingerprint density at radius 3 is 2.96 bits per heavy atom. The van der Waals surface area contributed by atoms with Gasteiger partial charge in [0.1, 0.15) is 0 Å². The van der Waals surface area contributed by atoms with Crippen molar-refractivity contribution in [3.8, 4) is 0 Å². The van der Waals surface area contributed by atoms with Crippen LogP contribution in [0.25, 0.3) is 10.9 Å². The number of hydrogen-bond acceptors (Lipinski definition) is 5. The minimum absolute atomic E-state index is 0.0394. The summed E-state index contributed by atoms with van der Waals surface area (Å²) in [5.74, 6) is -0.325. The van der Waals surface area contributed by atoms with E-state index in [1.807, 2.05) is 0 Å². The second-order valence-corrected chi connectivity index (χ2v) is 5.87. The summed E-state index contributed by atoms with van der Waals surface area (Å²) in [6, 6.07) is 4.16. The first-order chi connectivity index (χ1) is 11.1. The molecule has 3 N–H and O–H groups in total. The van der Waals surface area contributed by atoms with Crippen molar-refractivity contribution in [3.63, 3.8) is 0 Å². The molecule has 1 fully saturated rings. The quantitative estimate of drug-likeness (QED) is 0.585. The predicted octanol–water partition coefficient (Wildman–Crippen LogP) is 1.75. The topological polar surface area (TPSA) is 121 Å². The van der Waals surface area contributed by atoms with Gasteiger partial charge in [0.2, 0.25) is 0 Å². The third-order valence-corrected chi connectivity index (χ3v) is 4.43. The minimum Gasteiger partial charge on any atom is -0.396 e. The van der Waals surface area contributed by atoms with E-state index < -0.39 is 4.92 Å². The molecule has 1 aromatic carbocycles. The van der Waals surface area contributed by atoms with E-state index in [0.717, 1.165) is 25.7 Å².